The maximum atomic E-state index is 10.8. The highest BCUT2D eigenvalue weighted by atomic mass is 16.4. The molecule has 3 nitrogen and oxygen atoms in total. The second-order valence-corrected chi connectivity index (χ2v) is 5.47. The van der Waals surface area contributed by atoms with Crippen molar-refractivity contribution in [2.75, 3.05) is 6.54 Å². The van der Waals surface area contributed by atoms with Crippen molar-refractivity contribution in [3.63, 3.8) is 0 Å². The molecule has 0 bridgehead atoms. The average molecular weight is 261 g/mol. The summed E-state index contributed by atoms with van der Waals surface area (Å²) in [5, 5.41) is 8.89. The van der Waals surface area contributed by atoms with E-state index in [1.54, 1.807) is 0 Å². The van der Waals surface area contributed by atoms with Gasteiger partial charge in [0.2, 0.25) is 0 Å². The molecule has 104 valence electrons. The van der Waals surface area contributed by atoms with Gasteiger partial charge in [0.05, 0.1) is 6.42 Å². The molecule has 0 spiro atoms. The number of aliphatic carboxylic acids is 1. The highest BCUT2D eigenvalue weighted by Gasteiger charge is 2.17. The van der Waals surface area contributed by atoms with Gasteiger partial charge >= 0.3 is 5.97 Å². The van der Waals surface area contributed by atoms with Crippen LogP contribution in [0.5, 0.6) is 0 Å². The average Bonchev–Trinajstić information content (AvgIpc) is 2.82. The minimum atomic E-state index is -0.722. The first kappa shape index (κ1) is 14.1. The van der Waals surface area contributed by atoms with Gasteiger partial charge in [-0.05, 0) is 49.4 Å². The van der Waals surface area contributed by atoms with E-state index < -0.39 is 5.97 Å². The molecule has 1 aromatic rings. The first-order valence-corrected chi connectivity index (χ1v) is 7.16. The van der Waals surface area contributed by atoms with E-state index in [9.17, 15) is 4.79 Å². The van der Waals surface area contributed by atoms with Gasteiger partial charge in [0.1, 0.15) is 0 Å². The molecule has 1 atom stereocenters. The SMILES string of the molecule is CCN(Cc1ccc2c(c1)CCC2)C(C)CC(=O)O. The number of hydrogen-bond acceptors (Lipinski definition) is 2. The first-order chi connectivity index (χ1) is 9.10. The summed E-state index contributed by atoms with van der Waals surface area (Å²) in [5.41, 5.74) is 4.28. The summed E-state index contributed by atoms with van der Waals surface area (Å²) in [6.07, 6.45) is 3.88. The fourth-order valence-corrected chi connectivity index (χ4v) is 2.92. The number of hydrogen-bond donors (Lipinski definition) is 1. The predicted molar refractivity (Wildman–Crippen MR) is 76.3 cm³/mol. The highest BCUT2D eigenvalue weighted by molar-refractivity contribution is 5.67. The summed E-state index contributed by atoms with van der Waals surface area (Å²) >= 11 is 0. The van der Waals surface area contributed by atoms with Gasteiger partial charge in [0, 0.05) is 12.6 Å². The lowest BCUT2D eigenvalue weighted by Gasteiger charge is -2.27. The standard InChI is InChI=1S/C16H23NO2/c1-3-17(12(2)9-16(18)19)11-13-7-8-14-5-4-6-15(14)10-13/h7-8,10,12H,3-6,9,11H2,1-2H3,(H,18,19). The van der Waals surface area contributed by atoms with Crippen molar-refractivity contribution >= 4 is 5.97 Å². The van der Waals surface area contributed by atoms with Gasteiger partial charge in [0.15, 0.2) is 0 Å². The third-order valence-corrected chi connectivity index (χ3v) is 4.05. The summed E-state index contributed by atoms with van der Waals surface area (Å²) in [6, 6.07) is 6.82. The van der Waals surface area contributed by atoms with Crippen molar-refractivity contribution in [3.8, 4) is 0 Å². The minimum absolute atomic E-state index is 0.0794. The van der Waals surface area contributed by atoms with E-state index >= 15 is 0 Å². The number of rotatable bonds is 6. The molecule has 3 heteroatoms. The van der Waals surface area contributed by atoms with Crippen LogP contribution in [0, 0.1) is 0 Å². The van der Waals surface area contributed by atoms with Crippen LogP contribution in [0.2, 0.25) is 0 Å². The topological polar surface area (TPSA) is 40.5 Å². The summed E-state index contributed by atoms with van der Waals surface area (Å²) in [7, 11) is 0. The largest absolute Gasteiger partial charge is 0.481 e. The number of aryl methyl sites for hydroxylation is 2. The Balaban J connectivity index is 2.03. The van der Waals surface area contributed by atoms with E-state index in [4.69, 9.17) is 5.11 Å². The van der Waals surface area contributed by atoms with Crippen LogP contribution in [0.15, 0.2) is 18.2 Å². The molecular weight excluding hydrogens is 238 g/mol. The Morgan fingerprint density at radius 2 is 2.11 bits per heavy atom. The maximum absolute atomic E-state index is 10.8. The normalized spacial score (nSPS) is 15.5. The van der Waals surface area contributed by atoms with Gasteiger partial charge in [-0.1, -0.05) is 25.1 Å². The Kier molecular flexibility index (Phi) is 4.59. The van der Waals surface area contributed by atoms with Gasteiger partial charge < -0.3 is 5.11 Å². The van der Waals surface area contributed by atoms with Crippen LogP contribution in [0.3, 0.4) is 0 Å². The molecule has 0 saturated carbocycles. The van der Waals surface area contributed by atoms with Crippen LogP contribution in [-0.2, 0) is 24.2 Å². The number of carboxylic acids is 1. The van der Waals surface area contributed by atoms with Gasteiger partial charge in [-0.25, -0.2) is 0 Å². The van der Waals surface area contributed by atoms with E-state index in [0.29, 0.717) is 0 Å². The quantitative estimate of drug-likeness (QED) is 0.856. The predicted octanol–water partition coefficient (Wildman–Crippen LogP) is 2.86. The summed E-state index contributed by atoms with van der Waals surface area (Å²) < 4.78 is 0. The van der Waals surface area contributed by atoms with E-state index in [1.807, 2.05) is 6.92 Å². The zero-order valence-electron chi connectivity index (χ0n) is 11.9. The molecule has 2 rings (SSSR count). The molecule has 19 heavy (non-hydrogen) atoms. The molecule has 0 radical (unpaired) electrons. The third-order valence-electron chi connectivity index (χ3n) is 4.05. The van der Waals surface area contributed by atoms with Crippen LogP contribution in [0.1, 0.15) is 43.4 Å². The lowest BCUT2D eigenvalue weighted by Crippen LogP contribution is -2.34. The van der Waals surface area contributed by atoms with Crippen molar-refractivity contribution in [2.24, 2.45) is 0 Å². The fraction of sp³-hybridized carbons (Fsp3) is 0.562. The Hall–Kier alpha value is -1.35. The number of fused-ring (bicyclic) bond motifs is 1. The number of carbonyl (C=O) groups is 1. The fourth-order valence-electron chi connectivity index (χ4n) is 2.92. The van der Waals surface area contributed by atoms with E-state index in [-0.39, 0.29) is 12.5 Å². The van der Waals surface area contributed by atoms with Crippen LogP contribution >= 0.6 is 0 Å². The summed E-state index contributed by atoms with van der Waals surface area (Å²) in [6.45, 7) is 5.81. The lowest BCUT2D eigenvalue weighted by atomic mass is 10.1. The molecule has 0 amide bonds. The smallest absolute Gasteiger partial charge is 0.304 e. The van der Waals surface area contributed by atoms with Gasteiger partial charge in [-0.3, -0.25) is 9.69 Å². The molecule has 0 fully saturated rings. The minimum Gasteiger partial charge on any atom is -0.481 e. The molecule has 1 aliphatic carbocycles. The number of nitrogens with zero attached hydrogens (tertiary/aromatic N) is 1. The van der Waals surface area contributed by atoms with Gasteiger partial charge in [-0.15, -0.1) is 0 Å². The lowest BCUT2D eigenvalue weighted by molar-refractivity contribution is -0.138. The molecular formula is C16H23NO2. The Morgan fingerprint density at radius 1 is 1.37 bits per heavy atom. The van der Waals surface area contributed by atoms with Gasteiger partial charge in [0.25, 0.3) is 0 Å². The molecule has 0 aromatic heterocycles. The molecule has 0 saturated heterocycles. The monoisotopic (exact) mass is 261 g/mol. The maximum Gasteiger partial charge on any atom is 0.304 e. The van der Waals surface area contributed by atoms with Crippen LogP contribution in [0.4, 0.5) is 0 Å². The van der Waals surface area contributed by atoms with Crippen molar-refractivity contribution in [1.82, 2.24) is 4.90 Å². The summed E-state index contributed by atoms with van der Waals surface area (Å²) in [4.78, 5) is 13.0. The zero-order valence-corrected chi connectivity index (χ0v) is 11.9. The zero-order chi connectivity index (χ0) is 13.8. The van der Waals surface area contributed by atoms with Crippen molar-refractivity contribution in [2.45, 2.75) is 52.1 Å². The molecule has 1 unspecified atom stereocenters. The van der Waals surface area contributed by atoms with Crippen molar-refractivity contribution < 1.29 is 9.90 Å². The molecule has 1 N–H and O–H groups in total. The summed E-state index contributed by atoms with van der Waals surface area (Å²) in [5.74, 6) is -0.722. The Labute approximate surface area is 115 Å². The second kappa shape index (κ2) is 6.20. The van der Waals surface area contributed by atoms with Crippen molar-refractivity contribution in [1.29, 1.82) is 0 Å². The van der Waals surface area contributed by atoms with E-state index in [1.165, 1.54) is 36.0 Å². The molecule has 0 aliphatic heterocycles. The second-order valence-electron chi connectivity index (χ2n) is 5.47. The highest BCUT2D eigenvalue weighted by Crippen LogP contribution is 2.23. The van der Waals surface area contributed by atoms with Crippen LogP contribution in [0.25, 0.3) is 0 Å². The Bertz CT molecular complexity index is 456. The third kappa shape index (κ3) is 3.57. The van der Waals surface area contributed by atoms with Crippen molar-refractivity contribution in [3.05, 3.63) is 34.9 Å². The number of carboxylic acid groups (broad SMARTS) is 1. The molecule has 1 aromatic carbocycles. The number of benzene rings is 1. The van der Waals surface area contributed by atoms with Gasteiger partial charge in [-0.2, -0.15) is 0 Å². The van der Waals surface area contributed by atoms with Crippen LogP contribution < -0.4 is 0 Å². The van der Waals surface area contributed by atoms with E-state index in [0.717, 1.165) is 13.1 Å². The Morgan fingerprint density at radius 3 is 2.79 bits per heavy atom. The molecule has 0 heterocycles. The van der Waals surface area contributed by atoms with Crippen LogP contribution in [-0.4, -0.2) is 28.6 Å². The van der Waals surface area contributed by atoms with E-state index in [2.05, 4.69) is 30.0 Å². The molecule has 1 aliphatic rings. The first-order valence-electron chi connectivity index (χ1n) is 7.16.